The molecule has 2 rings (SSSR count). The number of hydrogen-bond donors (Lipinski definition) is 2. The first-order valence-electron chi connectivity index (χ1n) is 6.65. The molecule has 6 heteroatoms. The van der Waals surface area contributed by atoms with Gasteiger partial charge in [0.1, 0.15) is 24.1 Å². The van der Waals surface area contributed by atoms with Crippen molar-refractivity contribution in [3.63, 3.8) is 0 Å². The number of ether oxygens (including phenoxy) is 1. The van der Waals surface area contributed by atoms with E-state index < -0.39 is 12.0 Å². The molecule has 0 saturated carbocycles. The fraction of sp³-hybridized carbons (Fsp3) is 0.333. The van der Waals surface area contributed by atoms with E-state index in [4.69, 9.17) is 15.6 Å². The topological polar surface area (TPSA) is 90.4 Å². The van der Waals surface area contributed by atoms with E-state index in [0.717, 1.165) is 17.0 Å². The van der Waals surface area contributed by atoms with E-state index in [1.165, 1.54) is 0 Å². The van der Waals surface area contributed by atoms with Crippen LogP contribution in [0.1, 0.15) is 17.0 Å². The van der Waals surface area contributed by atoms with Crippen molar-refractivity contribution in [2.75, 3.05) is 0 Å². The third-order valence-electron chi connectivity index (χ3n) is 3.25. The predicted octanol–water partition coefficient (Wildman–Crippen LogP) is 1.26. The number of carboxylic acids is 1. The molecule has 0 aliphatic heterocycles. The smallest absolute Gasteiger partial charge is 0.320 e. The van der Waals surface area contributed by atoms with Crippen LogP contribution in [-0.4, -0.2) is 26.9 Å². The lowest BCUT2D eigenvalue weighted by Gasteiger charge is -2.08. The molecule has 0 radical (unpaired) electrons. The summed E-state index contributed by atoms with van der Waals surface area (Å²) < 4.78 is 7.45. The third kappa shape index (κ3) is 4.06. The number of carboxylic acid groups (broad SMARTS) is 1. The summed E-state index contributed by atoms with van der Waals surface area (Å²) in [5.41, 5.74) is 8.31. The van der Waals surface area contributed by atoms with Crippen LogP contribution in [0, 0.1) is 6.92 Å². The first kappa shape index (κ1) is 15.1. The molecule has 0 saturated heterocycles. The van der Waals surface area contributed by atoms with Gasteiger partial charge < -0.3 is 15.6 Å². The van der Waals surface area contributed by atoms with Crippen molar-refractivity contribution in [2.45, 2.75) is 26.0 Å². The van der Waals surface area contributed by atoms with Crippen LogP contribution in [0.15, 0.2) is 30.3 Å². The highest BCUT2D eigenvalue weighted by Crippen LogP contribution is 2.15. The highest BCUT2D eigenvalue weighted by molar-refractivity contribution is 5.73. The molecule has 0 fully saturated rings. The van der Waals surface area contributed by atoms with E-state index in [0.29, 0.717) is 18.8 Å². The van der Waals surface area contributed by atoms with Gasteiger partial charge in [0.2, 0.25) is 0 Å². The van der Waals surface area contributed by atoms with E-state index >= 15 is 0 Å². The van der Waals surface area contributed by atoms with Gasteiger partial charge >= 0.3 is 5.97 Å². The van der Waals surface area contributed by atoms with Gasteiger partial charge in [-0.3, -0.25) is 9.48 Å². The van der Waals surface area contributed by atoms with Gasteiger partial charge in [-0.1, -0.05) is 12.1 Å². The molecule has 2 aromatic rings. The number of aryl methyl sites for hydroxylation is 2. The predicted molar refractivity (Wildman–Crippen MR) is 78.0 cm³/mol. The number of hydrogen-bond acceptors (Lipinski definition) is 4. The molecule has 0 aliphatic rings. The van der Waals surface area contributed by atoms with Gasteiger partial charge in [-0.2, -0.15) is 5.10 Å². The zero-order valence-corrected chi connectivity index (χ0v) is 12.1. The van der Waals surface area contributed by atoms with Gasteiger partial charge in [-0.25, -0.2) is 0 Å². The molecule has 0 spiro atoms. The quantitative estimate of drug-likeness (QED) is 0.835. The number of aromatic nitrogens is 2. The zero-order valence-electron chi connectivity index (χ0n) is 12.1. The van der Waals surface area contributed by atoms with Crippen LogP contribution in [0.4, 0.5) is 0 Å². The standard InChI is InChI=1S/C15H19N3O3/c1-10-7-12(17-18(10)2)9-21-13-5-3-11(4-6-13)8-14(16)15(19)20/h3-7,14H,8-9,16H2,1-2H3,(H,19,20)/t14-/m0/s1. The Morgan fingerprint density at radius 1 is 1.43 bits per heavy atom. The number of carbonyl (C=O) groups is 1. The molecular weight excluding hydrogens is 270 g/mol. The lowest BCUT2D eigenvalue weighted by molar-refractivity contribution is -0.138. The molecule has 1 aromatic heterocycles. The van der Waals surface area contributed by atoms with Crippen LogP contribution in [0.3, 0.4) is 0 Å². The molecule has 21 heavy (non-hydrogen) atoms. The maximum absolute atomic E-state index is 10.7. The normalized spacial score (nSPS) is 12.1. The SMILES string of the molecule is Cc1cc(COc2ccc(C[C@H](N)C(=O)O)cc2)nn1C. The molecule has 112 valence electrons. The molecular formula is C15H19N3O3. The molecule has 1 atom stereocenters. The summed E-state index contributed by atoms with van der Waals surface area (Å²) >= 11 is 0. The number of benzene rings is 1. The summed E-state index contributed by atoms with van der Waals surface area (Å²) in [6.45, 7) is 2.38. The Morgan fingerprint density at radius 3 is 2.62 bits per heavy atom. The Bertz CT molecular complexity index is 600. The Balaban J connectivity index is 1.91. The molecule has 1 heterocycles. The van der Waals surface area contributed by atoms with Crippen LogP contribution in [-0.2, 0) is 24.9 Å². The van der Waals surface area contributed by atoms with Gasteiger partial charge in [-0.05, 0) is 37.1 Å². The van der Waals surface area contributed by atoms with E-state index in [1.54, 1.807) is 16.8 Å². The minimum atomic E-state index is -0.999. The van der Waals surface area contributed by atoms with Gasteiger partial charge in [0.15, 0.2) is 0 Å². The van der Waals surface area contributed by atoms with Crippen LogP contribution in [0.5, 0.6) is 5.75 Å². The second-order valence-corrected chi connectivity index (χ2v) is 4.98. The lowest BCUT2D eigenvalue weighted by atomic mass is 10.1. The average Bonchev–Trinajstić information content (AvgIpc) is 2.77. The minimum Gasteiger partial charge on any atom is -0.487 e. The van der Waals surface area contributed by atoms with Crippen LogP contribution < -0.4 is 10.5 Å². The Hall–Kier alpha value is -2.34. The highest BCUT2D eigenvalue weighted by Gasteiger charge is 2.11. The molecule has 0 aliphatic carbocycles. The summed E-state index contributed by atoms with van der Waals surface area (Å²) in [7, 11) is 1.89. The van der Waals surface area contributed by atoms with Gasteiger partial charge in [0.25, 0.3) is 0 Å². The number of aliphatic carboxylic acids is 1. The fourth-order valence-electron chi connectivity index (χ4n) is 1.93. The van der Waals surface area contributed by atoms with Crippen molar-refractivity contribution in [1.29, 1.82) is 0 Å². The van der Waals surface area contributed by atoms with Crippen molar-refractivity contribution < 1.29 is 14.6 Å². The van der Waals surface area contributed by atoms with Crippen molar-refractivity contribution >= 4 is 5.97 Å². The average molecular weight is 289 g/mol. The van der Waals surface area contributed by atoms with Crippen molar-refractivity contribution in [3.8, 4) is 5.75 Å². The number of nitrogens with two attached hydrogens (primary N) is 1. The maximum atomic E-state index is 10.7. The van der Waals surface area contributed by atoms with Crippen LogP contribution in [0.25, 0.3) is 0 Å². The number of rotatable bonds is 6. The molecule has 0 bridgehead atoms. The largest absolute Gasteiger partial charge is 0.487 e. The second-order valence-electron chi connectivity index (χ2n) is 4.98. The summed E-state index contributed by atoms with van der Waals surface area (Å²) in [6.07, 6.45) is 0.301. The van der Waals surface area contributed by atoms with E-state index in [1.807, 2.05) is 32.2 Å². The van der Waals surface area contributed by atoms with Crippen LogP contribution in [0.2, 0.25) is 0 Å². The third-order valence-corrected chi connectivity index (χ3v) is 3.25. The summed E-state index contributed by atoms with van der Waals surface area (Å²) in [6, 6.07) is 8.34. The molecule has 0 unspecified atom stereocenters. The minimum absolute atomic E-state index is 0.301. The van der Waals surface area contributed by atoms with Gasteiger partial charge in [-0.15, -0.1) is 0 Å². The Morgan fingerprint density at radius 2 is 2.10 bits per heavy atom. The lowest BCUT2D eigenvalue weighted by Crippen LogP contribution is -2.32. The van der Waals surface area contributed by atoms with E-state index in [2.05, 4.69) is 5.10 Å². The Kier molecular flexibility index (Phi) is 4.59. The Labute approximate surface area is 123 Å². The molecule has 0 amide bonds. The summed E-state index contributed by atoms with van der Waals surface area (Å²) in [4.78, 5) is 10.7. The van der Waals surface area contributed by atoms with Crippen molar-refractivity contribution in [3.05, 3.63) is 47.3 Å². The molecule has 3 N–H and O–H groups in total. The monoisotopic (exact) mass is 289 g/mol. The summed E-state index contributed by atoms with van der Waals surface area (Å²) in [5, 5.41) is 13.1. The van der Waals surface area contributed by atoms with Gasteiger partial charge in [0, 0.05) is 12.7 Å². The van der Waals surface area contributed by atoms with Crippen molar-refractivity contribution in [2.24, 2.45) is 12.8 Å². The molecule has 6 nitrogen and oxygen atoms in total. The molecule has 1 aromatic carbocycles. The van der Waals surface area contributed by atoms with Crippen molar-refractivity contribution in [1.82, 2.24) is 9.78 Å². The van der Waals surface area contributed by atoms with Gasteiger partial charge in [0.05, 0.1) is 0 Å². The first-order valence-corrected chi connectivity index (χ1v) is 6.65. The zero-order chi connectivity index (χ0) is 15.4. The summed E-state index contributed by atoms with van der Waals surface area (Å²) in [5.74, 6) is -0.285. The van der Waals surface area contributed by atoms with E-state index in [9.17, 15) is 4.79 Å². The fourth-order valence-corrected chi connectivity index (χ4v) is 1.93. The first-order chi connectivity index (χ1) is 9.95. The van der Waals surface area contributed by atoms with Crippen LogP contribution >= 0.6 is 0 Å². The highest BCUT2D eigenvalue weighted by atomic mass is 16.5. The number of nitrogens with zero attached hydrogens (tertiary/aromatic N) is 2. The second kappa shape index (κ2) is 6.41. The maximum Gasteiger partial charge on any atom is 0.320 e. The van der Waals surface area contributed by atoms with E-state index in [-0.39, 0.29) is 0 Å².